The summed E-state index contributed by atoms with van der Waals surface area (Å²) in [6, 6.07) is 12.2. The second kappa shape index (κ2) is 6.38. The number of halogens is 3. The van der Waals surface area contributed by atoms with Gasteiger partial charge in [-0.05, 0) is 24.3 Å². The maximum Gasteiger partial charge on any atom is 0.416 e. The summed E-state index contributed by atoms with van der Waals surface area (Å²) in [5, 5.41) is 5.32. The third-order valence-electron chi connectivity index (χ3n) is 4.45. The van der Waals surface area contributed by atoms with E-state index in [-0.39, 0.29) is 5.91 Å². The highest BCUT2D eigenvalue weighted by atomic mass is 32.1. The molecule has 0 aliphatic carbocycles. The number of rotatable bonds is 2. The number of nitrogens with zero attached hydrogens (tertiary/aromatic N) is 2. The van der Waals surface area contributed by atoms with E-state index < -0.39 is 17.9 Å². The Morgan fingerprint density at radius 1 is 1.11 bits per heavy atom. The number of thiazole rings is 1. The molecule has 27 heavy (non-hydrogen) atoms. The molecule has 1 aliphatic heterocycles. The van der Waals surface area contributed by atoms with E-state index in [1.807, 2.05) is 29.5 Å². The zero-order valence-electron chi connectivity index (χ0n) is 14.1. The number of alkyl halides is 3. The molecule has 1 atom stereocenters. The lowest BCUT2D eigenvalue weighted by molar-refractivity contribution is -0.137. The number of hydrogen-bond donors (Lipinski definition) is 1. The highest BCUT2D eigenvalue weighted by molar-refractivity contribution is 7.13. The molecule has 8 heteroatoms. The van der Waals surface area contributed by atoms with Crippen molar-refractivity contribution in [2.75, 3.05) is 11.9 Å². The van der Waals surface area contributed by atoms with Crippen LogP contribution in [0.3, 0.4) is 0 Å². The van der Waals surface area contributed by atoms with Crippen LogP contribution in [0.15, 0.2) is 53.9 Å². The molecule has 0 saturated carbocycles. The predicted molar refractivity (Wildman–Crippen MR) is 97.6 cm³/mol. The molecule has 4 nitrogen and oxygen atoms in total. The van der Waals surface area contributed by atoms with Crippen LogP contribution in [0.1, 0.15) is 27.8 Å². The van der Waals surface area contributed by atoms with Crippen molar-refractivity contribution in [3.8, 4) is 10.6 Å². The molecule has 1 aromatic heterocycles. The minimum atomic E-state index is -4.37. The fourth-order valence-corrected chi connectivity index (χ4v) is 3.87. The average Bonchev–Trinajstić information content (AvgIpc) is 3.14. The van der Waals surface area contributed by atoms with E-state index in [9.17, 15) is 18.0 Å². The van der Waals surface area contributed by atoms with Crippen LogP contribution in [0.2, 0.25) is 0 Å². The number of hydrogen-bond acceptors (Lipinski definition) is 4. The lowest BCUT2D eigenvalue weighted by atomic mass is 10.1. The highest BCUT2D eigenvalue weighted by Crippen LogP contribution is 2.35. The van der Waals surface area contributed by atoms with E-state index in [0.717, 1.165) is 17.8 Å². The average molecular weight is 389 g/mol. The van der Waals surface area contributed by atoms with Gasteiger partial charge in [0.15, 0.2) is 0 Å². The second-order valence-corrected chi connectivity index (χ2v) is 7.01. The van der Waals surface area contributed by atoms with Gasteiger partial charge < -0.3 is 10.2 Å². The number of benzene rings is 2. The van der Waals surface area contributed by atoms with E-state index in [4.69, 9.17) is 0 Å². The van der Waals surface area contributed by atoms with Gasteiger partial charge in [0.25, 0.3) is 5.91 Å². The number of anilines is 1. The van der Waals surface area contributed by atoms with Gasteiger partial charge in [-0.15, -0.1) is 11.3 Å². The molecule has 2 heterocycles. The van der Waals surface area contributed by atoms with Gasteiger partial charge in [-0.25, -0.2) is 4.98 Å². The minimum Gasteiger partial charge on any atom is -0.349 e. The van der Waals surface area contributed by atoms with Crippen molar-refractivity contribution in [2.45, 2.75) is 12.3 Å². The van der Waals surface area contributed by atoms with E-state index in [1.54, 1.807) is 12.1 Å². The summed E-state index contributed by atoms with van der Waals surface area (Å²) in [6.07, 6.45) is -4.80. The van der Waals surface area contributed by atoms with Crippen LogP contribution in [-0.4, -0.2) is 17.9 Å². The number of para-hydroxylation sites is 1. The normalized spacial score (nSPS) is 16.8. The van der Waals surface area contributed by atoms with Crippen molar-refractivity contribution in [1.29, 1.82) is 0 Å². The van der Waals surface area contributed by atoms with Crippen LogP contribution in [0.4, 0.5) is 18.9 Å². The van der Waals surface area contributed by atoms with Gasteiger partial charge in [-0.3, -0.25) is 4.79 Å². The summed E-state index contributed by atoms with van der Waals surface area (Å²) >= 11 is 1.32. The number of nitrogens with one attached hydrogen (secondary N) is 1. The van der Waals surface area contributed by atoms with Crippen LogP contribution in [0.25, 0.3) is 10.6 Å². The molecule has 1 amide bonds. The number of amides is 1. The van der Waals surface area contributed by atoms with Crippen molar-refractivity contribution in [3.63, 3.8) is 0 Å². The van der Waals surface area contributed by atoms with Gasteiger partial charge in [0, 0.05) is 18.0 Å². The Morgan fingerprint density at radius 3 is 2.52 bits per heavy atom. The number of carbonyl (C=O) groups is 1. The fourth-order valence-electron chi connectivity index (χ4n) is 3.03. The molecular weight excluding hydrogens is 375 g/mol. The van der Waals surface area contributed by atoms with Crippen molar-refractivity contribution >= 4 is 22.9 Å². The molecule has 3 aromatic rings. The topological polar surface area (TPSA) is 45.2 Å². The number of carbonyl (C=O) groups excluding carboxylic acids is 1. The standard InChI is InChI=1S/C19H14F3N3OS/c1-25-15-5-3-2-4-13(15)17(26)24-16(25)14-10-27-18(23-14)11-6-8-12(9-7-11)19(20,21)22/h2-10,16H,1H3,(H,24,26)/t16-/m0/s1. The summed E-state index contributed by atoms with van der Waals surface area (Å²) in [5.74, 6) is -0.183. The predicted octanol–water partition coefficient (Wildman–Crippen LogP) is 4.71. The summed E-state index contributed by atoms with van der Waals surface area (Å²) in [6.45, 7) is 0. The monoisotopic (exact) mass is 389 g/mol. The highest BCUT2D eigenvalue weighted by Gasteiger charge is 2.31. The van der Waals surface area contributed by atoms with E-state index in [1.165, 1.54) is 23.5 Å². The molecule has 4 rings (SSSR count). The first kappa shape index (κ1) is 17.5. The Bertz CT molecular complexity index is 998. The van der Waals surface area contributed by atoms with Crippen molar-refractivity contribution < 1.29 is 18.0 Å². The van der Waals surface area contributed by atoms with E-state index in [0.29, 0.717) is 21.8 Å². The number of aromatic nitrogens is 1. The first-order chi connectivity index (χ1) is 12.8. The summed E-state index contributed by atoms with van der Waals surface area (Å²) in [4.78, 5) is 18.8. The Hall–Kier alpha value is -2.87. The van der Waals surface area contributed by atoms with Gasteiger partial charge in [0.2, 0.25) is 0 Å². The largest absolute Gasteiger partial charge is 0.416 e. The van der Waals surface area contributed by atoms with Crippen molar-refractivity contribution in [3.05, 3.63) is 70.7 Å². The first-order valence-corrected chi connectivity index (χ1v) is 8.98. The van der Waals surface area contributed by atoms with Crippen molar-refractivity contribution in [1.82, 2.24) is 10.3 Å². The molecule has 1 N–H and O–H groups in total. The molecule has 0 saturated heterocycles. The van der Waals surface area contributed by atoms with Gasteiger partial charge in [-0.1, -0.05) is 24.3 Å². The summed E-state index contributed by atoms with van der Waals surface area (Å²) < 4.78 is 38.1. The second-order valence-electron chi connectivity index (χ2n) is 6.16. The van der Waals surface area contributed by atoms with Crippen LogP contribution < -0.4 is 10.2 Å². The molecule has 0 spiro atoms. The molecule has 138 valence electrons. The smallest absolute Gasteiger partial charge is 0.349 e. The van der Waals surface area contributed by atoms with Crippen LogP contribution in [0, 0.1) is 0 Å². The minimum absolute atomic E-state index is 0.183. The molecule has 0 fully saturated rings. The molecule has 1 aliphatic rings. The SMILES string of the molecule is CN1c2ccccc2C(=O)N[C@@H]1c1csc(-c2ccc(C(F)(F)F)cc2)n1. The zero-order valence-corrected chi connectivity index (χ0v) is 14.9. The summed E-state index contributed by atoms with van der Waals surface area (Å²) in [5.41, 5.74) is 1.94. The molecule has 0 bridgehead atoms. The third kappa shape index (κ3) is 3.16. The Morgan fingerprint density at radius 2 is 1.81 bits per heavy atom. The lowest BCUT2D eigenvalue weighted by Crippen LogP contribution is -2.44. The molecule has 2 aromatic carbocycles. The first-order valence-electron chi connectivity index (χ1n) is 8.10. The van der Waals surface area contributed by atoms with E-state index >= 15 is 0 Å². The van der Waals surface area contributed by atoms with Gasteiger partial charge in [-0.2, -0.15) is 13.2 Å². The number of fused-ring (bicyclic) bond motifs is 1. The zero-order chi connectivity index (χ0) is 19.2. The van der Waals surface area contributed by atoms with Crippen molar-refractivity contribution in [2.24, 2.45) is 0 Å². The maximum absolute atomic E-state index is 12.7. The Labute approximate surface area is 157 Å². The Balaban J connectivity index is 1.63. The lowest BCUT2D eigenvalue weighted by Gasteiger charge is -2.35. The quantitative estimate of drug-likeness (QED) is 0.691. The van der Waals surface area contributed by atoms with Gasteiger partial charge in [0.1, 0.15) is 11.2 Å². The van der Waals surface area contributed by atoms with Crippen LogP contribution in [0.5, 0.6) is 0 Å². The van der Waals surface area contributed by atoms with Crippen LogP contribution in [-0.2, 0) is 6.18 Å². The van der Waals surface area contributed by atoms with E-state index in [2.05, 4.69) is 10.3 Å². The maximum atomic E-state index is 12.7. The Kier molecular flexibility index (Phi) is 4.15. The van der Waals surface area contributed by atoms with Crippen LogP contribution >= 0.6 is 11.3 Å². The third-order valence-corrected chi connectivity index (χ3v) is 5.35. The fraction of sp³-hybridized carbons (Fsp3) is 0.158. The molecular formula is C19H14F3N3OS. The molecule has 0 unspecified atom stereocenters. The molecule has 0 radical (unpaired) electrons. The van der Waals surface area contributed by atoms with Gasteiger partial charge >= 0.3 is 6.18 Å². The summed E-state index contributed by atoms with van der Waals surface area (Å²) in [7, 11) is 1.86. The van der Waals surface area contributed by atoms with Gasteiger partial charge in [0.05, 0.1) is 22.5 Å².